The van der Waals surface area contributed by atoms with E-state index in [1.165, 1.54) is 18.7 Å². The van der Waals surface area contributed by atoms with Gasteiger partial charge in [-0.3, -0.25) is 29.3 Å². The van der Waals surface area contributed by atoms with Gasteiger partial charge in [-0.1, -0.05) is 54.4 Å². The van der Waals surface area contributed by atoms with Crippen LogP contribution in [-0.2, 0) is 28.7 Å². The van der Waals surface area contributed by atoms with E-state index in [-0.39, 0.29) is 48.1 Å². The summed E-state index contributed by atoms with van der Waals surface area (Å²) in [4.78, 5) is 66.8. The monoisotopic (exact) mass is 552 g/mol. The summed E-state index contributed by atoms with van der Waals surface area (Å²) in [5.41, 5.74) is -0.851. The fourth-order valence-corrected chi connectivity index (χ4v) is 5.21. The van der Waals surface area contributed by atoms with Gasteiger partial charge in [0.05, 0.1) is 24.7 Å². The second-order valence-corrected chi connectivity index (χ2v) is 12.3. The lowest BCUT2D eigenvalue weighted by molar-refractivity contribution is -0.142. The Bertz CT molecular complexity index is 881. The summed E-state index contributed by atoms with van der Waals surface area (Å²) in [6.07, 6.45) is 0.731. The quantitative estimate of drug-likeness (QED) is 0.264. The summed E-state index contributed by atoms with van der Waals surface area (Å²) < 4.78 is 5.35. The number of ether oxygens (including phenoxy) is 1. The van der Waals surface area contributed by atoms with Gasteiger partial charge in [0.15, 0.2) is 11.6 Å². The minimum absolute atomic E-state index is 0.0882. The predicted molar refractivity (Wildman–Crippen MR) is 150 cm³/mol. The zero-order valence-corrected chi connectivity index (χ0v) is 25.7. The summed E-state index contributed by atoms with van der Waals surface area (Å²) in [7, 11) is 1.59. The van der Waals surface area contributed by atoms with Crippen LogP contribution in [-0.4, -0.2) is 70.7 Å². The number of aliphatic hydroxyl groups is 1. The van der Waals surface area contributed by atoms with E-state index in [1.807, 2.05) is 41.5 Å². The highest BCUT2D eigenvalue weighted by Crippen LogP contribution is 2.35. The van der Waals surface area contributed by atoms with Gasteiger partial charge in [-0.15, -0.1) is 0 Å². The first-order valence-corrected chi connectivity index (χ1v) is 14.5. The average Bonchev–Trinajstić information content (AvgIpc) is 3.61. The first kappa shape index (κ1) is 34.9. The van der Waals surface area contributed by atoms with Crippen molar-refractivity contribution in [2.45, 2.75) is 112 Å². The molecule has 0 bridgehead atoms. The molecule has 0 spiro atoms. The van der Waals surface area contributed by atoms with Gasteiger partial charge in [0, 0.05) is 32.2 Å². The molecule has 9 heteroatoms. The summed E-state index contributed by atoms with van der Waals surface area (Å²) in [6, 6.07) is -0.665. The first-order valence-electron chi connectivity index (χ1n) is 14.5. The number of hydrogen-bond acceptors (Lipinski definition) is 7. The second-order valence-electron chi connectivity index (χ2n) is 12.3. The number of aliphatic hydroxyl groups excluding tert-OH is 1. The first-order chi connectivity index (χ1) is 18.0. The molecule has 0 aromatic carbocycles. The SMILES string of the molecule is CC[C@H](C)[C@H](CC(=O)[C@H]([C@@H](C)CC)N(C)C(C)=O)C(=O)NC(=O)[C@@H](C[C@@H](CC(C)C)C(=O)[C@@]1(C)CO1)[C@@H](C)O. The van der Waals surface area contributed by atoms with Crippen LogP contribution in [0.2, 0.25) is 0 Å². The van der Waals surface area contributed by atoms with E-state index in [0.717, 1.165) is 0 Å². The molecule has 3 amide bonds. The number of imide groups is 1. The molecule has 0 aliphatic carbocycles. The zero-order valence-electron chi connectivity index (χ0n) is 25.7. The van der Waals surface area contributed by atoms with E-state index in [4.69, 9.17) is 4.74 Å². The van der Waals surface area contributed by atoms with E-state index in [0.29, 0.717) is 25.9 Å². The Morgan fingerprint density at radius 3 is 1.85 bits per heavy atom. The maximum Gasteiger partial charge on any atom is 0.232 e. The highest BCUT2D eigenvalue weighted by molar-refractivity contribution is 6.00. The lowest BCUT2D eigenvalue weighted by Crippen LogP contribution is -2.49. The van der Waals surface area contributed by atoms with Gasteiger partial charge in [-0.2, -0.15) is 0 Å². The number of rotatable bonds is 17. The molecule has 1 rings (SSSR count). The molecule has 0 radical (unpaired) electrons. The molecule has 2 N–H and O–H groups in total. The van der Waals surface area contributed by atoms with Crippen molar-refractivity contribution in [2.24, 2.45) is 35.5 Å². The highest BCUT2D eigenvalue weighted by atomic mass is 16.6. The molecule has 8 atom stereocenters. The number of carbonyl (C=O) groups excluding carboxylic acids is 5. The van der Waals surface area contributed by atoms with Crippen molar-refractivity contribution in [3.63, 3.8) is 0 Å². The fraction of sp³-hybridized carbons (Fsp3) is 0.833. The number of nitrogens with one attached hydrogen (secondary N) is 1. The Morgan fingerprint density at radius 2 is 1.44 bits per heavy atom. The van der Waals surface area contributed by atoms with Crippen molar-refractivity contribution < 1.29 is 33.8 Å². The van der Waals surface area contributed by atoms with Crippen molar-refractivity contribution in [1.29, 1.82) is 0 Å². The third-order valence-electron chi connectivity index (χ3n) is 8.44. The van der Waals surface area contributed by atoms with Gasteiger partial charge in [-0.05, 0) is 44.4 Å². The normalized spacial score (nSPS) is 22.2. The van der Waals surface area contributed by atoms with Crippen molar-refractivity contribution in [2.75, 3.05) is 13.7 Å². The van der Waals surface area contributed by atoms with Gasteiger partial charge in [0.2, 0.25) is 17.7 Å². The molecule has 1 aliphatic heterocycles. The average molecular weight is 553 g/mol. The van der Waals surface area contributed by atoms with Crippen LogP contribution in [0.3, 0.4) is 0 Å². The third kappa shape index (κ3) is 9.78. The predicted octanol–water partition coefficient (Wildman–Crippen LogP) is 3.55. The Hall–Kier alpha value is -2.13. The maximum atomic E-state index is 13.4. The van der Waals surface area contributed by atoms with Gasteiger partial charge in [-0.25, -0.2) is 0 Å². The van der Waals surface area contributed by atoms with E-state index >= 15 is 0 Å². The Kier molecular flexibility index (Phi) is 13.4. The number of epoxide rings is 1. The Labute approximate surface area is 234 Å². The van der Waals surface area contributed by atoms with Crippen LogP contribution in [0.15, 0.2) is 0 Å². The number of carbonyl (C=O) groups is 5. The molecular weight excluding hydrogens is 500 g/mol. The van der Waals surface area contributed by atoms with Crippen molar-refractivity contribution in [1.82, 2.24) is 10.2 Å². The number of Topliss-reactive ketones (excluding diaryl/α,β-unsaturated/α-hetero) is 2. The fourth-order valence-electron chi connectivity index (χ4n) is 5.21. The zero-order chi connectivity index (χ0) is 30.2. The summed E-state index contributed by atoms with van der Waals surface area (Å²) in [5.74, 6) is -4.13. The molecule has 9 nitrogen and oxygen atoms in total. The lowest BCUT2D eigenvalue weighted by Gasteiger charge is -2.32. The Balaban J connectivity index is 3.13. The molecule has 1 fully saturated rings. The van der Waals surface area contributed by atoms with E-state index in [2.05, 4.69) is 5.32 Å². The van der Waals surface area contributed by atoms with Gasteiger partial charge in [0.1, 0.15) is 5.60 Å². The second kappa shape index (κ2) is 15.0. The van der Waals surface area contributed by atoms with Crippen molar-refractivity contribution in [3.05, 3.63) is 0 Å². The molecule has 1 saturated heterocycles. The lowest BCUT2D eigenvalue weighted by atomic mass is 9.79. The molecule has 0 aromatic heterocycles. The van der Waals surface area contributed by atoms with E-state index < -0.39 is 47.3 Å². The topological polar surface area (TPSA) is 133 Å². The van der Waals surface area contributed by atoms with Gasteiger partial charge in [0.25, 0.3) is 0 Å². The van der Waals surface area contributed by atoms with Crippen LogP contribution >= 0.6 is 0 Å². The van der Waals surface area contributed by atoms with Crippen molar-refractivity contribution >= 4 is 29.3 Å². The molecule has 224 valence electrons. The van der Waals surface area contributed by atoms with Crippen LogP contribution in [0, 0.1) is 35.5 Å². The smallest absolute Gasteiger partial charge is 0.232 e. The van der Waals surface area contributed by atoms with Crippen LogP contribution in [0.4, 0.5) is 0 Å². The van der Waals surface area contributed by atoms with E-state index in [9.17, 15) is 29.1 Å². The van der Waals surface area contributed by atoms with Crippen LogP contribution in [0.25, 0.3) is 0 Å². The van der Waals surface area contributed by atoms with E-state index in [1.54, 1.807) is 14.0 Å². The molecule has 1 aliphatic rings. The van der Waals surface area contributed by atoms with Gasteiger partial charge < -0.3 is 14.7 Å². The summed E-state index contributed by atoms with van der Waals surface area (Å²) in [5, 5.41) is 12.9. The molecule has 0 unspecified atom stereocenters. The number of nitrogens with zero attached hydrogens (tertiary/aromatic N) is 1. The number of likely N-dealkylation sites (N-methyl/N-ethyl adjacent to an activating group) is 1. The minimum Gasteiger partial charge on any atom is -0.393 e. The molecule has 0 saturated carbocycles. The van der Waals surface area contributed by atoms with Crippen LogP contribution in [0.1, 0.15) is 94.4 Å². The minimum atomic E-state index is -1.09. The Morgan fingerprint density at radius 1 is 0.923 bits per heavy atom. The summed E-state index contributed by atoms with van der Waals surface area (Å²) in [6.45, 7) is 16.5. The third-order valence-corrected chi connectivity index (χ3v) is 8.44. The number of ketones is 2. The number of amides is 3. The highest BCUT2D eigenvalue weighted by Gasteiger charge is 2.50. The largest absolute Gasteiger partial charge is 0.393 e. The number of hydrogen-bond donors (Lipinski definition) is 2. The maximum absolute atomic E-state index is 13.4. The van der Waals surface area contributed by atoms with Crippen LogP contribution in [0.5, 0.6) is 0 Å². The summed E-state index contributed by atoms with van der Waals surface area (Å²) >= 11 is 0. The molecule has 0 aromatic rings. The molecule has 39 heavy (non-hydrogen) atoms. The standard InChI is InChI=1S/C30H52N2O7/c1-11-18(5)23(15-25(35)26(19(6)12-2)32(10)21(8)34)28(37)31-29(38)24(20(7)33)14-22(13-17(3)4)27(36)30(9)16-39-30/h17-20,22-24,26,33H,11-16H2,1-10H3,(H,31,37,38)/t18-,19-,20+,22+,23-,24-,26-,30+/m0/s1. The van der Waals surface area contributed by atoms with Crippen LogP contribution < -0.4 is 5.32 Å². The molecule has 1 heterocycles. The van der Waals surface area contributed by atoms with Crippen molar-refractivity contribution in [3.8, 4) is 0 Å². The molecular formula is C30H52N2O7. The van der Waals surface area contributed by atoms with Gasteiger partial charge >= 0.3 is 0 Å².